The zero-order chi connectivity index (χ0) is 26.6. The zero-order valence-corrected chi connectivity index (χ0v) is 24.7. The molecule has 1 saturated carbocycles. The number of aromatic nitrogens is 4. The van der Waals surface area contributed by atoms with E-state index in [1.54, 1.807) is 11.8 Å². The van der Waals surface area contributed by atoms with Crippen LogP contribution in [-0.4, -0.2) is 62.5 Å². The number of hydrogen-bond donors (Lipinski definition) is 0. The maximum atomic E-state index is 12.1. The normalized spacial score (nSPS) is 22.1. The number of nitrogens with zero attached hydrogens (tertiary/aromatic N) is 6. The predicted octanol–water partition coefficient (Wildman–Crippen LogP) is 5.64. The van der Waals surface area contributed by atoms with Gasteiger partial charge in [-0.1, -0.05) is 42.1 Å². The van der Waals surface area contributed by atoms with Gasteiger partial charge in [0.2, 0.25) is 5.91 Å². The summed E-state index contributed by atoms with van der Waals surface area (Å²) < 4.78 is 2.11. The third-order valence-corrected chi connectivity index (χ3v) is 9.95. The Kier molecular flexibility index (Phi) is 7.36. The number of pyridine rings is 1. The molecule has 0 N–H and O–H groups in total. The molecule has 0 bridgehead atoms. The summed E-state index contributed by atoms with van der Waals surface area (Å²) >= 11 is 1.79. The van der Waals surface area contributed by atoms with Crippen LogP contribution in [0.4, 0.5) is 5.69 Å². The van der Waals surface area contributed by atoms with E-state index >= 15 is 0 Å². The predicted molar refractivity (Wildman–Crippen MR) is 163 cm³/mol. The lowest BCUT2D eigenvalue weighted by molar-refractivity contribution is -0.117. The van der Waals surface area contributed by atoms with Crippen LogP contribution in [0.2, 0.25) is 0 Å². The highest BCUT2D eigenvalue weighted by Gasteiger charge is 2.60. The summed E-state index contributed by atoms with van der Waals surface area (Å²) in [6.45, 7) is 6.33. The van der Waals surface area contributed by atoms with Crippen LogP contribution in [0.15, 0.2) is 59.8 Å². The van der Waals surface area contributed by atoms with E-state index < -0.39 is 0 Å². The first-order valence-electron chi connectivity index (χ1n) is 14.0. The number of benzene rings is 2. The Hall–Kier alpha value is -2.94. The van der Waals surface area contributed by atoms with Gasteiger partial charge in [-0.05, 0) is 68.5 Å². The van der Waals surface area contributed by atoms with Crippen LogP contribution in [-0.2, 0) is 17.3 Å². The van der Waals surface area contributed by atoms with Crippen LogP contribution in [0, 0.1) is 12.8 Å². The van der Waals surface area contributed by atoms with Crippen molar-refractivity contribution in [3.8, 4) is 11.4 Å². The van der Waals surface area contributed by atoms with E-state index in [9.17, 15) is 4.79 Å². The van der Waals surface area contributed by atoms with Gasteiger partial charge in [0.1, 0.15) is 0 Å². The number of likely N-dealkylation sites (tertiary alicyclic amines) is 1. The fraction of sp³-hybridized carbons (Fsp3) is 0.419. The molecular formula is C31H35ClN6OS. The third kappa shape index (κ3) is 4.80. The van der Waals surface area contributed by atoms with Gasteiger partial charge in [-0.15, -0.1) is 22.6 Å². The molecule has 2 aromatic heterocycles. The van der Waals surface area contributed by atoms with Crippen molar-refractivity contribution >= 4 is 46.7 Å². The number of thioether (sulfide) groups is 1. The van der Waals surface area contributed by atoms with Gasteiger partial charge in [-0.25, -0.2) is 0 Å². The monoisotopic (exact) mass is 574 g/mol. The second-order valence-electron chi connectivity index (χ2n) is 11.4. The number of fused-ring (bicyclic) bond motifs is 2. The molecule has 3 aliphatic rings. The Labute approximate surface area is 245 Å². The second-order valence-corrected chi connectivity index (χ2v) is 12.4. The first kappa shape index (κ1) is 27.2. The number of anilines is 1. The lowest BCUT2D eigenvalue weighted by Crippen LogP contribution is -2.28. The highest BCUT2D eigenvalue weighted by molar-refractivity contribution is 7.99. The van der Waals surface area contributed by atoms with Crippen molar-refractivity contribution in [2.75, 3.05) is 36.8 Å². The number of amides is 1. The molecule has 2 atom stereocenters. The van der Waals surface area contributed by atoms with Gasteiger partial charge in [0, 0.05) is 66.6 Å². The summed E-state index contributed by atoms with van der Waals surface area (Å²) in [6.07, 6.45) is 4.08. The summed E-state index contributed by atoms with van der Waals surface area (Å²) in [4.78, 5) is 21.3. The van der Waals surface area contributed by atoms with Crippen molar-refractivity contribution in [2.45, 2.75) is 43.2 Å². The molecule has 1 aliphatic carbocycles. The van der Waals surface area contributed by atoms with Crippen LogP contribution >= 0.6 is 24.2 Å². The van der Waals surface area contributed by atoms with E-state index in [2.05, 4.69) is 80.2 Å². The highest BCUT2D eigenvalue weighted by atomic mass is 35.5. The van der Waals surface area contributed by atoms with Gasteiger partial charge in [-0.3, -0.25) is 9.78 Å². The molecule has 2 saturated heterocycles. The Bertz CT molecular complexity index is 1560. The summed E-state index contributed by atoms with van der Waals surface area (Å²) in [5.41, 5.74) is 5.91. The molecule has 208 valence electrons. The van der Waals surface area contributed by atoms with E-state index in [-0.39, 0.29) is 18.3 Å². The lowest BCUT2D eigenvalue weighted by Gasteiger charge is -2.22. The fourth-order valence-electron chi connectivity index (χ4n) is 6.68. The van der Waals surface area contributed by atoms with Crippen LogP contribution in [0.1, 0.15) is 36.9 Å². The number of rotatable bonds is 8. The first-order valence-corrected chi connectivity index (χ1v) is 15.0. The van der Waals surface area contributed by atoms with Crippen molar-refractivity contribution in [1.29, 1.82) is 0 Å². The average molecular weight is 575 g/mol. The molecule has 3 fully saturated rings. The molecule has 1 amide bonds. The standard InChI is InChI=1S/C31H34N6OS.ClH/c1-21-9-14-25-26(6-3-7-27(25)32-21)29-33-34-30(35(29)2)39-17-5-15-36-19-23-18-31(23,20-36)22-10-12-24(13-11-22)37-16-4-8-28(37)38;/h3,6-7,9-14,23H,4-5,8,15-20H2,1-2H3;1H/t23-,31?;/m1./s1. The zero-order valence-electron chi connectivity index (χ0n) is 23.0. The number of piperidine rings is 1. The molecule has 7 rings (SSSR count). The Morgan fingerprint density at radius 2 is 1.93 bits per heavy atom. The molecule has 0 radical (unpaired) electrons. The molecule has 7 nitrogen and oxygen atoms in total. The van der Waals surface area contributed by atoms with E-state index in [1.165, 1.54) is 18.5 Å². The van der Waals surface area contributed by atoms with Crippen molar-refractivity contribution in [2.24, 2.45) is 13.0 Å². The molecule has 9 heteroatoms. The first-order chi connectivity index (χ1) is 19.0. The molecule has 0 spiro atoms. The number of carbonyl (C=O) groups is 1. The number of carbonyl (C=O) groups excluding carboxylic acids is 1. The largest absolute Gasteiger partial charge is 0.312 e. The van der Waals surface area contributed by atoms with E-state index in [0.717, 1.165) is 83.0 Å². The van der Waals surface area contributed by atoms with Crippen molar-refractivity contribution in [3.63, 3.8) is 0 Å². The summed E-state index contributed by atoms with van der Waals surface area (Å²) in [6, 6.07) is 19.3. The number of halogens is 1. The molecule has 2 aliphatic heterocycles. The van der Waals surface area contributed by atoms with E-state index in [0.29, 0.717) is 11.8 Å². The quantitative estimate of drug-likeness (QED) is 0.200. The molecule has 4 aromatic rings. The summed E-state index contributed by atoms with van der Waals surface area (Å²) in [5, 5.41) is 11.1. The molecule has 4 heterocycles. The Morgan fingerprint density at radius 1 is 1.07 bits per heavy atom. The lowest BCUT2D eigenvalue weighted by atomic mass is 9.94. The summed E-state index contributed by atoms with van der Waals surface area (Å²) in [5.74, 6) is 2.93. The molecular weight excluding hydrogens is 540 g/mol. The SMILES string of the molecule is Cc1ccc2c(-c3nnc(SCCCN4C[C@H]5CC5(c5ccc(N6CCCC6=O)cc5)C4)n3C)cccc2n1.Cl. The van der Waals surface area contributed by atoms with Gasteiger partial charge in [0.05, 0.1) is 5.52 Å². The minimum absolute atomic E-state index is 0. The van der Waals surface area contributed by atoms with Gasteiger partial charge >= 0.3 is 0 Å². The van der Waals surface area contributed by atoms with E-state index in [4.69, 9.17) is 0 Å². The highest BCUT2D eigenvalue weighted by Crippen LogP contribution is 2.59. The smallest absolute Gasteiger partial charge is 0.227 e. The van der Waals surface area contributed by atoms with Gasteiger partial charge < -0.3 is 14.4 Å². The van der Waals surface area contributed by atoms with Gasteiger partial charge in [0.15, 0.2) is 11.0 Å². The average Bonchev–Trinajstić information content (AvgIpc) is 3.23. The fourth-order valence-corrected chi connectivity index (χ4v) is 7.51. The van der Waals surface area contributed by atoms with Crippen molar-refractivity contribution < 1.29 is 4.79 Å². The van der Waals surface area contributed by atoms with E-state index in [1.807, 2.05) is 17.9 Å². The maximum Gasteiger partial charge on any atom is 0.227 e. The number of hydrogen-bond acceptors (Lipinski definition) is 6. The number of aryl methyl sites for hydroxylation is 1. The maximum absolute atomic E-state index is 12.1. The van der Waals surface area contributed by atoms with Gasteiger partial charge in [-0.2, -0.15) is 0 Å². The van der Waals surface area contributed by atoms with Crippen LogP contribution in [0.25, 0.3) is 22.3 Å². The topological polar surface area (TPSA) is 67.2 Å². The Morgan fingerprint density at radius 3 is 2.73 bits per heavy atom. The minimum Gasteiger partial charge on any atom is -0.312 e. The third-order valence-electron chi connectivity index (χ3n) is 8.84. The van der Waals surface area contributed by atoms with Gasteiger partial charge in [0.25, 0.3) is 0 Å². The van der Waals surface area contributed by atoms with Crippen molar-refractivity contribution in [3.05, 3.63) is 65.9 Å². The Balaban J connectivity index is 0.00000289. The van der Waals surface area contributed by atoms with Crippen LogP contribution in [0.3, 0.4) is 0 Å². The van der Waals surface area contributed by atoms with Crippen LogP contribution in [0.5, 0.6) is 0 Å². The molecule has 40 heavy (non-hydrogen) atoms. The second kappa shape index (κ2) is 10.8. The molecule has 1 unspecified atom stereocenters. The van der Waals surface area contributed by atoms with Crippen LogP contribution < -0.4 is 4.90 Å². The molecule has 2 aromatic carbocycles. The van der Waals surface area contributed by atoms with Crippen molar-refractivity contribution in [1.82, 2.24) is 24.6 Å². The minimum atomic E-state index is 0. The summed E-state index contributed by atoms with van der Waals surface area (Å²) in [7, 11) is 2.06.